The minimum Gasteiger partial charge on any atom is -0.295 e. The van der Waals surface area contributed by atoms with E-state index in [2.05, 4.69) is 51.1 Å². The van der Waals surface area contributed by atoms with Crippen LogP contribution < -0.4 is 0 Å². The van der Waals surface area contributed by atoms with Gasteiger partial charge in [-0.05, 0) is 30.9 Å². The number of rotatable bonds is 4. The molecule has 0 saturated heterocycles. The number of aryl methyl sites for hydroxylation is 1. The van der Waals surface area contributed by atoms with Crippen LogP contribution in [0.5, 0.6) is 0 Å². The van der Waals surface area contributed by atoms with Crippen LogP contribution in [0.2, 0.25) is 0 Å². The second-order valence-corrected chi connectivity index (χ2v) is 5.99. The van der Waals surface area contributed by atoms with Crippen molar-refractivity contribution in [1.29, 1.82) is 0 Å². The van der Waals surface area contributed by atoms with Crippen LogP contribution in [0, 0.1) is 12.8 Å². The summed E-state index contributed by atoms with van der Waals surface area (Å²) >= 11 is 0. The maximum atomic E-state index is 11.7. The molecule has 0 aromatic heterocycles. The lowest BCUT2D eigenvalue weighted by molar-refractivity contribution is -0.116. The van der Waals surface area contributed by atoms with E-state index in [4.69, 9.17) is 0 Å². The Kier molecular flexibility index (Phi) is 4.24. The molecule has 0 radical (unpaired) electrons. The van der Waals surface area contributed by atoms with Gasteiger partial charge in [0, 0.05) is 11.8 Å². The number of allylic oxidation sites excluding steroid dienone is 2. The molecule has 0 amide bonds. The van der Waals surface area contributed by atoms with E-state index in [0.29, 0.717) is 12.3 Å². The lowest BCUT2D eigenvalue weighted by atomic mass is 9.65. The Morgan fingerprint density at radius 2 is 1.95 bits per heavy atom. The van der Waals surface area contributed by atoms with Crippen LogP contribution in [0.1, 0.15) is 50.7 Å². The second-order valence-electron chi connectivity index (χ2n) is 5.99. The van der Waals surface area contributed by atoms with Gasteiger partial charge in [0.2, 0.25) is 0 Å². The molecule has 0 spiro atoms. The highest BCUT2D eigenvalue weighted by molar-refractivity contribution is 5.91. The molecule has 1 heteroatoms. The summed E-state index contributed by atoms with van der Waals surface area (Å²) in [5, 5.41) is 0. The Morgan fingerprint density at radius 3 is 2.58 bits per heavy atom. The highest BCUT2D eigenvalue weighted by atomic mass is 16.1. The summed E-state index contributed by atoms with van der Waals surface area (Å²) in [7, 11) is 0. The van der Waals surface area contributed by atoms with Crippen LogP contribution in [0.3, 0.4) is 0 Å². The third-order valence-electron chi connectivity index (χ3n) is 4.49. The topological polar surface area (TPSA) is 17.1 Å². The number of hydrogen-bond donors (Lipinski definition) is 0. The van der Waals surface area contributed by atoms with Gasteiger partial charge >= 0.3 is 0 Å². The first kappa shape index (κ1) is 14.0. The van der Waals surface area contributed by atoms with Crippen molar-refractivity contribution >= 4 is 5.78 Å². The summed E-state index contributed by atoms with van der Waals surface area (Å²) in [6.07, 6.45) is 8.13. The fraction of sp³-hybridized carbons (Fsp3) is 0.500. The molecular formula is C18H24O. The average Bonchev–Trinajstić information content (AvgIpc) is 2.40. The van der Waals surface area contributed by atoms with Gasteiger partial charge in [0.25, 0.3) is 0 Å². The van der Waals surface area contributed by atoms with Crippen molar-refractivity contribution in [3.05, 3.63) is 47.5 Å². The average molecular weight is 256 g/mol. The molecule has 0 heterocycles. The van der Waals surface area contributed by atoms with Gasteiger partial charge in [0.1, 0.15) is 0 Å². The molecule has 1 aromatic rings. The zero-order valence-corrected chi connectivity index (χ0v) is 12.3. The first-order valence-electron chi connectivity index (χ1n) is 7.35. The fourth-order valence-electron chi connectivity index (χ4n) is 3.02. The van der Waals surface area contributed by atoms with Crippen LogP contribution in [0.4, 0.5) is 0 Å². The quantitative estimate of drug-likeness (QED) is 0.770. The highest BCUT2D eigenvalue weighted by Gasteiger charge is 2.36. The Labute approximate surface area is 116 Å². The van der Waals surface area contributed by atoms with E-state index in [-0.39, 0.29) is 11.2 Å². The number of unbranched alkanes of at least 4 members (excludes halogenated alkanes) is 1. The Bertz CT molecular complexity index is 469. The highest BCUT2D eigenvalue weighted by Crippen LogP contribution is 2.41. The smallest absolute Gasteiger partial charge is 0.155 e. The molecule has 0 N–H and O–H groups in total. The molecule has 1 nitrogen and oxygen atoms in total. The van der Waals surface area contributed by atoms with Crippen molar-refractivity contribution in [1.82, 2.24) is 0 Å². The Hall–Kier alpha value is -1.37. The normalized spacial score (nSPS) is 26.7. The van der Waals surface area contributed by atoms with Crippen molar-refractivity contribution < 1.29 is 4.79 Å². The van der Waals surface area contributed by atoms with Gasteiger partial charge < -0.3 is 0 Å². The van der Waals surface area contributed by atoms with Crippen LogP contribution >= 0.6 is 0 Å². The van der Waals surface area contributed by atoms with Crippen molar-refractivity contribution in [2.24, 2.45) is 5.92 Å². The van der Waals surface area contributed by atoms with Crippen LogP contribution in [0.15, 0.2) is 36.4 Å². The largest absolute Gasteiger partial charge is 0.295 e. The number of hydrogen-bond acceptors (Lipinski definition) is 1. The third kappa shape index (κ3) is 2.97. The van der Waals surface area contributed by atoms with E-state index in [9.17, 15) is 4.79 Å². The fourth-order valence-corrected chi connectivity index (χ4v) is 3.02. The molecule has 0 saturated carbocycles. The molecule has 2 atom stereocenters. The monoisotopic (exact) mass is 256 g/mol. The van der Waals surface area contributed by atoms with Gasteiger partial charge in [0.15, 0.2) is 5.78 Å². The Balaban J connectivity index is 2.33. The summed E-state index contributed by atoms with van der Waals surface area (Å²) in [4.78, 5) is 11.7. The summed E-state index contributed by atoms with van der Waals surface area (Å²) < 4.78 is 0. The molecule has 1 aromatic carbocycles. The molecule has 0 unspecified atom stereocenters. The van der Waals surface area contributed by atoms with E-state index in [1.54, 1.807) is 6.08 Å². The van der Waals surface area contributed by atoms with Crippen LogP contribution in [0.25, 0.3) is 0 Å². The van der Waals surface area contributed by atoms with E-state index in [0.717, 1.165) is 6.42 Å². The lowest BCUT2D eigenvalue weighted by Crippen LogP contribution is -2.34. The first-order chi connectivity index (χ1) is 9.06. The molecule has 1 aliphatic rings. The zero-order valence-electron chi connectivity index (χ0n) is 12.3. The predicted molar refractivity (Wildman–Crippen MR) is 80.3 cm³/mol. The van der Waals surface area contributed by atoms with Gasteiger partial charge in [-0.1, -0.05) is 62.6 Å². The maximum absolute atomic E-state index is 11.7. The van der Waals surface area contributed by atoms with Crippen molar-refractivity contribution in [2.75, 3.05) is 0 Å². The van der Waals surface area contributed by atoms with Gasteiger partial charge in [-0.15, -0.1) is 0 Å². The van der Waals surface area contributed by atoms with Gasteiger partial charge in [0.05, 0.1) is 0 Å². The maximum Gasteiger partial charge on any atom is 0.155 e. The second kappa shape index (κ2) is 5.73. The summed E-state index contributed by atoms with van der Waals surface area (Å²) in [5.74, 6) is 0.721. The van der Waals surface area contributed by atoms with E-state index < -0.39 is 0 Å². The minimum atomic E-state index is 0.0107. The standard InChI is InChI=1S/C18H24O/c1-4-5-6-16-13-17(19)11-12-18(16,3)15-9-7-14(2)8-10-15/h7-12,16H,4-6,13H2,1-3H3/t16-,18+/m1/s1. The van der Waals surface area contributed by atoms with Crippen LogP contribution in [-0.2, 0) is 10.2 Å². The molecule has 2 rings (SSSR count). The Morgan fingerprint density at radius 1 is 1.26 bits per heavy atom. The van der Waals surface area contributed by atoms with Crippen molar-refractivity contribution in [3.8, 4) is 0 Å². The molecule has 0 bridgehead atoms. The van der Waals surface area contributed by atoms with Crippen LogP contribution in [-0.4, -0.2) is 5.78 Å². The molecular weight excluding hydrogens is 232 g/mol. The third-order valence-corrected chi connectivity index (χ3v) is 4.49. The minimum absolute atomic E-state index is 0.0107. The molecule has 102 valence electrons. The van der Waals surface area contributed by atoms with Gasteiger partial charge in [-0.3, -0.25) is 4.79 Å². The molecule has 19 heavy (non-hydrogen) atoms. The summed E-state index contributed by atoms with van der Waals surface area (Å²) in [6, 6.07) is 8.77. The molecule has 0 fully saturated rings. The molecule has 1 aliphatic carbocycles. The summed E-state index contributed by atoms with van der Waals surface area (Å²) in [5.41, 5.74) is 2.63. The summed E-state index contributed by atoms with van der Waals surface area (Å²) in [6.45, 7) is 6.60. The predicted octanol–water partition coefficient (Wildman–Crippen LogP) is 4.59. The van der Waals surface area contributed by atoms with Gasteiger partial charge in [-0.25, -0.2) is 0 Å². The lowest BCUT2D eigenvalue weighted by Gasteiger charge is -2.38. The van der Waals surface area contributed by atoms with E-state index in [1.165, 1.54) is 24.0 Å². The number of carbonyl (C=O) groups excluding carboxylic acids is 1. The molecule has 0 aliphatic heterocycles. The van der Waals surface area contributed by atoms with E-state index in [1.807, 2.05) is 0 Å². The number of ketones is 1. The number of carbonyl (C=O) groups is 1. The zero-order chi connectivity index (χ0) is 13.9. The SMILES string of the molecule is CCCC[C@@H]1CC(=O)C=C[C@@]1(C)c1ccc(C)cc1. The number of benzene rings is 1. The first-order valence-corrected chi connectivity index (χ1v) is 7.35. The van der Waals surface area contributed by atoms with Crippen molar-refractivity contribution in [2.45, 2.75) is 51.9 Å². The van der Waals surface area contributed by atoms with E-state index >= 15 is 0 Å². The van der Waals surface area contributed by atoms with Gasteiger partial charge in [-0.2, -0.15) is 0 Å². The van der Waals surface area contributed by atoms with Crippen molar-refractivity contribution in [3.63, 3.8) is 0 Å².